The Morgan fingerprint density at radius 3 is 2.60 bits per heavy atom. The summed E-state index contributed by atoms with van der Waals surface area (Å²) in [7, 11) is 2.01. The molecule has 0 saturated heterocycles. The van der Waals surface area contributed by atoms with Crippen molar-refractivity contribution in [2.45, 2.75) is 51.6 Å². The molecule has 0 spiro atoms. The number of aromatic amines is 1. The Hall–Kier alpha value is -1.40. The van der Waals surface area contributed by atoms with Gasteiger partial charge in [0.2, 0.25) is 5.91 Å². The van der Waals surface area contributed by atoms with Gasteiger partial charge in [0.15, 0.2) is 0 Å². The van der Waals surface area contributed by atoms with Gasteiger partial charge in [0, 0.05) is 12.1 Å². The summed E-state index contributed by atoms with van der Waals surface area (Å²) in [5.41, 5.74) is 8.43. The second kappa shape index (κ2) is 6.37. The van der Waals surface area contributed by atoms with Crippen molar-refractivity contribution in [1.82, 2.24) is 15.1 Å². The SMILES string of the molecule is Cc1n[nH]c(C)c1NC(=O)CN(C)C1CCC(N)CC1. The van der Waals surface area contributed by atoms with Gasteiger partial charge in [-0.1, -0.05) is 0 Å². The Morgan fingerprint density at radius 2 is 2.05 bits per heavy atom. The van der Waals surface area contributed by atoms with E-state index in [4.69, 9.17) is 5.73 Å². The van der Waals surface area contributed by atoms with Crippen molar-refractivity contribution in [1.29, 1.82) is 0 Å². The molecule has 0 aliphatic heterocycles. The molecule has 1 aliphatic rings. The molecule has 1 heterocycles. The summed E-state index contributed by atoms with van der Waals surface area (Å²) in [6.45, 7) is 4.19. The highest BCUT2D eigenvalue weighted by atomic mass is 16.2. The van der Waals surface area contributed by atoms with Gasteiger partial charge in [-0.2, -0.15) is 5.10 Å². The van der Waals surface area contributed by atoms with Crippen LogP contribution in [0.2, 0.25) is 0 Å². The summed E-state index contributed by atoms with van der Waals surface area (Å²) in [5, 5.41) is 9.89. The molecule has 1 saturated carbocycles. The van der Waals surface area contributed by atoms with Gasteiger partial charge < -0.3 is 11.1 Å². The third-order valence-corrected chi connectivity index (χ3v) is 4.15. The second-order valence-corrected chi connectivity index (χ2v) is 5.84. The second-order valence-electron chi connectivity index (χ2n) is 5.84. The molecular formula is C14H25N5O. The third kappa shape index (κ3) is 3.58. The van der Waals surface area contributed by atoms with E-state index in [0.717, 1.165) is 42.8 Å². The Bertz CT molecular complexity index is 443. The predicted molar refractivity (Wildman–Crippen MR) is 79.6 cm³/mol. The fourth-order valence-electron chi connectivity index (χ4n) is 2.81. The molecule has 1 aliphatic carbocycles. The maximum atomic E-state index is 12.1. The number of hydrogen-bond acceptors (Lipinski definition) is 4. The summed E-state index contributed by atoms with van der Waals surface area (Å²) in [6, 6.07) is 0.803. The number of nitrogens with two attached hydrogens (primary N) is 1. The number of nitrogens with one attached hydrogen (secondary N) is 2. The van der Waals surface area contributed by atoms with Crippen molar-refractivity contribution >= 4 is 11.6 Å². The fourth-order valence-corrected chi connectivity index (χ4v) is 2.81. The van der Waals surface area contributed by atoms with Crippen LogP contribution in [0.15, 0.2) is 0 Å². The van der Waals surface area contributed by atoms with Crippen LogP contribution in [-0.4, -0.2) is 46.7 Å². The number of amides is 1. The van der Waals surface area contributed by atoms with E-state index in [1.165, 1.54) is 0 Å². The molecule has 1 amide bonds. The number of likely N-dealkylation sites (N-methyl/N-ethyl adjacent to an activating group) is 1. The zero-order valence-electron chi connectivity index (χ0n) is 12.6. The van der Waals surface area contributed by atoms with Gasteiger partial charge >= 0.3 is 0 Å². The van der Waals surface area contributed by atoms with Gasteiger partial charge in [0.25, 0.3) is 0 Å². The van der Waals surface area contributed by atoms with E-state index < -0.39 is 0 Å². The Balaban J connectivity index is 1.85. The molecule has 2 rings (SSSR count). The minimum atomic E-state index is 0.00923. The van der Waals surface area contributed by atoms with Crippen LogP contribution >= 0.6 is 0 Å². The average Bonchev–Trinajstić information content (AvgIpc) is 2.71. The first-order chi connectivity index (χ1) is 9.47. The van der Waals surface area contributed by atoms with E-state index >= 15 is 0 Å². The lowest BCUT2D eigenvalue weighted by Crippen LogP contribution is -2.42. The molecule has 20 heavy (non-hydrogen) atoms. The number of rotatable bonds is 4. The number of aromatic nitrogens is 2. The van der Waals surface area contributed by atoms with E-state index in [1.807, 2.05) is 20.9 Å². The minimum Gasteiger partial charge on any atom is -0.328 e. The summed E-state index contributed by atoms with van der Waals surface area (Å²) in [4.78, 5) is 14.2. The zero-order valence-corrected chi connectivity index (χ0v) is 12.6. The first kappa shape index (κ1) is 15.0. The van der Waals surface area contributed by atoms with E-state index in [-0.39, 0.29) is 5.91 Å². The van der Waals surface area contributed by atoms with Crippen LogP contribution in [0.4, 0.5) is 5.69 Å². The van der Waals surface area contributed by atoms with Crippen molar-refractivity contribution in [3.05, 3.63) is 11.4 Å². The molecule has 112 valence electrons. The summed E-state index contributed by atoms with van der Waals surface area (Å²) < 4.78 is 0. The number of hydrogen-bond donors (Lipinski definition) is 3. The minimum absolute atomic E-state index is 0.00923. The highest BCUT2D eigenvalue weighted by molar-refractivity contribution is 5.93. The highest BCUT2D eigenvalue weighted by Gasteiger charge is 2.23. The number of H-pyrrole nitrogens is 1. The molecule has 4 N–H and O–H groups in total. The predicted octanol–water partition coefficient (Wildman–Crippen LogP) is 1.17. The van der Waals surface area contributed by atoms with Crippen LogP contribution in [0.3, 0.4) is 0 Å². The summed E-state index contributed by atoms with van der Waals surface area (Å²) >= 11 is 0. The van der Waals surface area contributed by atoms with Gasteiger partial charge in [0.1, 0.15) is 0 Å². The Kier molecular flexibility index (Phi) is 4.77. The fraction of sp³-hybridized carbons (Fsp3) is 0.714. The number of nitrogens with zero attached hydrogens (tertiary/aromatic N) is 2. The van der Waals surface area contributed by atoms with Crippen molar-refractivity contribution < 1.29 is 4.79 Å². The molecule has 6 nitrogen and oxygen atoms in total. The van der Waals surface area contributed by atoms with Crippen LogP contribution in [0, 0.1) is 13.8 Å². The van der Waals surface area contributed by atoms with Crippen LogP contribution in [0.1, 0.15) is 37.1 Å². The first-order valence-electron chi connectivity index (χ1n) is 7.24. The summed E-state index contributed by atoms with van der Waals surface area (Å²) in [5.74, 6) is 0.00923. The number of carbonyl (C=O) groups excluding carboxylic acids is 1. The van der Waals surface area contributed by atoms with E-state index in [0.29, 0.717) is 18.6 Å². The first-order valence-corrected chi connectivity index (χ1v) is 7.24. The molecule has 0 radical (unpaired) electrons. The smallest absolute Gasteiger partial charge is 0.238 e. The van der Waals surface area contributed by atoms with Crippen LogP contribution in [-0.2, 0) is 4.79 Å². The van der Waals surface area contributed by atoms with Crippen molar-refractivity contribution in [3.63, 3.8) is 0 Å². The monoisotopic (exact) mass is 279 g/mol. The molecule has 0 aromatic carbocycles. The van der Waals surface area contributed by atoms with Crippen LogP contribution < -0.4 is 11.1 Å². The molecule has 0 unspecified atom stereocenters. The van der Waals surface area contributed by atoms with Gasteiger partial charge in [-0.25, -0.2) is 0 Å². The molecule has 1 aromatic heterocycles. The van der Waals surface area contributed by atoms with E-state index in [9.17, 15) is 4.79 Å². The number of anilines is 1. The van der Waals surface area contributed by atoms with Gasteiger partial charge in [0.05, 0.1) is 23.6 Å². The van der Waals surface area contributed by atoms with Crippen molar-refractivity contribution in [3.8, 4) is 0 Å². The zero-order chi connectivity index (χ0) is 14.7. The maximum absolute atomic E-state index is 12.1. The van der Waals surface area contributed by atoms with Crippen LogP contribution in [0.5, 0.6) is 0 Å². The molecule has 6 heteroatoms. The lowest BCUT2D eigenvalue weighted by molar-refractivity contribution is -0.117. The van der Waals surface area contributed by atoms with E-state index in [1.54, 1.807) is 0 Å². The quantitative estimate of drug-likeness (QED) is 0.772. The standard InChI is InChI=1S/C14H25N5O/c1-9-14(10(2)18-17-9)16-13(20)8-19(3)12-6-4-11(15)5-7-12/h11-12H,4-8,15H2,1-3H3,(H,16,20)(H,17,18). The van der Waals surface area contributed by atoms with Crippen molar-refractivity contribution in [2.75, 3.05) is 18.9 Å². The lowest BCUT2D eigenvalue weighted by Gasteiger charge is -2.33. The highest BCUT2D eigenvalue weighted by Crippen LogP contribution is 2.21. The van der Waals surface area contributed by atoms with Gasteiger partial charge in [-0.3, -0.25) is 14.8 Å². The van der Waals surface area contributed by atoms with Crippen LogP contribution in [0.25, 0.3) is 0 Å². The molecule has 0 bridgehead atoms. The Labute approximate surface area is 120 Å². The molecular weight excluding hydrogens is 254 g/mol. The molecule has 1 fully saturated rings. The molecule has 1 aromatic rings. The van der Waals surface area contributed by atoms with Gasteiger partial charge in [-0.15, -0.1) is 0 Å². The Morgan fingerprint density at radius 1 is 1.40 bits per heavy atom. The van der Waals surface area contributed by atoms with E-state index in [2.05, 4.69) is 20.4 Å². The topological polar surface area (TPSA) is 87.0 Å². The number of aryl methyl sites for hydroxylation is 2. The number of carbonyl (C=O) groups is 1. The average molecular weight is 279 g/mol. The normalized spacial score (nSPS) is 23.1. The van der Waals surface area contributed by atoms with Gasteiger partial charge in [-0.05, 0) is 46.6 Å². The lowest BCUT2D eigenvalue weighted by atomic mass is 9.91. The molecule has 0 atom stereocenters. The van der Waals surface area contributed by atoms with Crippen molar-refractivity contribution in [2.24, 2.45) is 5.73 Å². The third-order valence-electron chi connectivity index (χ3n) is 4.15. The maximum Gasteiger partial charge on any atom is 0.238 e. The largest absolute Gasteiger partial charge is 0.328 e. The summed E-state index contributed by atoms with van der Waals surface area (Å²) in [6.07, 6.45) is 4.26.